The molecule has 0 fully saturated rings. The van der Waals surface area contributed by atoms with Gasteiger partial charge in [0.25, 0.3) is 0 Å². The number of nitrogens with zero attached hydrogens (tertiary/aromatic N) is 5. The van der Waals surface area contributed by atoms with E-state index in [1.807, 2.05) is 24.8 Å². The summed E-state index contributed by atoms with van der Waals surface area (Å²) in [5.74, 6) is 0. The maximum atomic E-state index is 8.25. The Hall–Kier alpha value is -4.27. The zero-order valence-electron chi connectivity index (χ0n) is 14.9. The average molecular weight is 611 g/mol. The van der Waals surface area contributed by atoms with E-state index in [2.05, 4.69) is 19.9 Å². The van der Waals surface area contributed by atoms with E-state index in [1.54, 1.807) is 12.7 Å². The van der Waals surface area contributed by atoms with Crippen LogP contribution in [0.1, 0.15) is 0 Å². The molecule has 2 aromatic heterocycles. The second-order valence-electron chi connectivity index (χ2n) is 2.74. The third-order valence-electron chi connectivity index (χ3n) is 0.885. The first-order valence-corrected chi connectivity index (χ1v) is 5.71. The molecule has 0 unspecified atom stereocenters. The normalized spacial score (nSPS) is 6.25. The van der Waals surface area contributed by atoms with E-state index in [9.17, 15) is 0 Å². The maximum Gasteiger partial charge on any atom is 3.00 e. The van der Waals surface area contributed by atoms with Crippen molar-refractivity contribution in [1.29, 1.82) is 0 Å². The SMILES string of the molecule is O=[N+]([O-])[O-].O=[N+]([O-])[O-].O=[N+]([O-])[O-].O=[N+]([O-])[O-].O=[N+]([O-])[O-].[Nd+3].[OH3+].c1c[nH+]c[nH]1.c1c[nH+]c[nH]1. The number of aromatic nitrogens is 4. The molecule has 0 bridgehead atoms. The summed E-state index contributed by atoms with van der Waals surface area (Å²) in [4.78, 5) is 52.5. The van der Waals surface area contributed by atoms with Gasteiger partial charge in [-0.3, -0.25) is 19.9 Å². The van der Waals surface area contributed by atoms with Crippen molar-refractivity contribution < 1.29 is 81.7 Å². The molecule has 2 aromatic rings. The van der Waals surface area contributed by atoms with Crippen LogP contribution in [0.15, 0.2) is 37.4 Å². The van der Waals surface area contributed by atoms with Crippen LogP contribution in [0.4, 0.5) is 0 Å². The van der Waals surface area contributed by atoms with E-state index in [0.29, 0.717) is 0 Å². The van der Waals surface area contributed by atoms with Crippen molar-refractivity contribution in [2.45, 2.75) is 0 Å². The molecule has 0 aromatic carbocycles. The van der Waals surface area contributed by atoms with Crippen LogP contribution >= 0.6 is 0 Å². The fourth-order valence-corrected chi connectivity index (χ4v) is 0.481. The molecule has 25 nitrogen and oxygen atoms in total. The van der Waals surface area contributed by atoms with E-state index in [-0.39, 0.29) is 46.3 Å². The summed E-state index contributed by atoms with van der Waals surface area (Å²) in [6.07, 6.45) is 10.8. The van der Waals surface area contributed by atoms with Gasteiger partial charge in [0, 0.05) is 0 Å². The zero-order valence-corrected chi connectivity index (χ0v) is 18.1. The van der Waals surface area contributed by atoms with Crippen LogP contribution in [0.3, 0.4) is 0 Å². The first kappa shape index (κ1) is 46.1. The molecule has 2 rings (SSSR count). The zero-order chi connectivity index (χ0) is 25.0. The number of rotatable bonds is 0. The standard InChI is InChI=1S/2C3H4N2.5NO3.Nd.H2O/c2*1-2-5-3-4-1;5*2-1(3)4;;/h2*1-3H,(H,4,5);;;;;;;1H2/q;;5*-1;+3;/p+3. The Bertz CT molecular complexity index is 488. The first-order valence-electron chi connectivity index (χ1n) is 5.71. The fourth-order valence-electron chi connectivity index (χ4n) is 0.481. The second kappa shape index (κ2) is 41.2. The van der Waals surface area contributed by atoms with Gasteiger partial charge in [-0.1, -0.05) is 0 Å². The van der Waals surface area contributed by atoms with Crippen LogP contribution < -0.4 is 9.97 Å². The molecule has 0 saturated heterocycles. The average Bonchev–Trinajstić information content (AvgIpc) is 3.24. The van der Waals surface area contributed by atoms with Crippen LogP contribution in [-0.4, -0.2) is 35.4 Å². The smallest absolute Gasteiger partial charge is 0.457 e. The second-order valence-corrected chi connectivity index (χ2v) is 2.74. The van der Waals surface area contributed by atoms with E-state index >= 15 is 0 Å². The van der Waals surface area contributed by atoms with Gasteiger partial charge in [0.1, 0.15) is 24.8 Å². The number of aromatic amines is 4. The summed E-state index contributed by atoms with van der Waals surface area (Å²) in [5, 5.41) is 73.8. The van der Waals surface area contributed by atoms with Crippen molar-refractivity contribution in [3.8, 4) is 0 Å². The number of hydrogen-bond donors (Lipinski definition) is 2. The molecular weight excluding hydrogens is 598 g/mol. The van der Waals surface area contributed by atoms with Gasteiger partial charge in [0.15, 0.2) is 0 Å². The molecule has 0 atom stereocenters. The molecule has 0 saturated carbocycles. The predicted octanol–water partition coefficient (Wildman–Crippen LogP) is -2.46. The molecule has 0 aliphatic carbocycles. The molecule has 0 aliphatic rings. The van der Waals surface area contributed by atoms with Gasteiger partial charge in [0.2, 0.25) is 12.7 Å². The third-order valence-corrected chi connectivity index (χ3v) is 0.885. The van der Waals surface area contributed by atoms with E-state index in [0.717, 1.165) is 0 Å². The first-order chi connectivity index (χ1) is 13.7. The summed E-state index contributed by atoms with van der Waals surface area (Å²) < 4.78 is 0. The van der Waals surface area contributed by atoms with E-state index < -0.39 is 25.4 Å². The van der Waals surface area contributed by atoms with Gasteiger partial charge in [-0.15, -0.1) is 0 Å². The molecule has 0 aliphatic heterocycles. The Morgan fingerprint density at radius 1 is 0.500 bits per heavy atom. The molecule has 0 spiro atoms. The Morgan fingerprint density at radius 2 is 0.656 bits per heavy atom. The van der Waals surface area contributed by atoms with Crippen molar-refractivity contribution in [2.75, 3.05) is 0 Å². The molecule has 0 amide bonds. The minimum absolute atomic E-state index is 0. The summed E-state index contributed by atoms with van der Waals surface area (Å²) in [5.41, 5.74) is 0. The number of H-pyrrole nitrogens is 4. The monoisotopic (exact) mass is 609 g/mol. The van der Waals surface area contributed by atoms with Crippen LogP contribution in [-0.2, 0) is 5.48 Å². The molecule has 1 radical (unpaired) electrons. The minimum atomic E-state index is -1.75. The Morgan fingerprint density at radius 3 is 0.688 bits per heavy atom. The largest absolute Gasteiger partial charge is 3.00 e. The molecule has 26 heteroatoms. The summed E-state index contributed by atoms with van der Waals surface area (Å²) in [6.45, 7) is 0. The predicted molar refractivity (Wildman–Crippen MR) is 91.4 cm³/mol. The fraction of sp³-hybridized carbons (Fsp3) is 0. The quantitative estimate of drug-likeness (QED) is 0.177. The maximum absolute atomic E-state index is 8.25. The summed E-state index contributed by atoms with van der Waals surface area (Å²) >= 11 is 0. The topological polar surface area (TPSA) is 424 Å². The van der Waals surface area contributed by atoms with Crippen LogP contribution in [0.5, 0.6) is 0 Å². The van der Waals surface area contributed by atoms with Gasteiger partial charge in [-0.05, 0) is 0 Å². The van der Waals surface area contributed by atoms with Gasteiger partial charge < -0.3 is 82.1 Å². The molecule has 7 N–H and O–H groups in total. The molecule has 32 heavy (non-hydrogen) atoms. The van der Waals surface area contributed by atoms with Crippen LogP contribution in [0, 0.1) is 117 Å². The van der Waals surface area contributed by atoms with Gasteiger partial charge in [-0.2, -0.15) is 0 Å². The van der Waals surface area contributed by atoms with Crippen molar-refractivity contribution in [2.24, 2.45) is 0 Å². The molecule has 2 heterocycles. The number of nitrogens with one attached hydrogen (secondary N) is 4. The number of imidazole rings is 2. The summed E-state index contributed by atoms with van der Waals surface area (Å²) in [7, 11) is 0. The Labute approximate surface area is 205 Å². The van der Waals surface area contributed by atoms with Crippen molar-refractivity contribution in [3.05, 3.63) is 114 Å². The van der Waals surface area contributed by atoms with Crippen LogP contribution in [0.2, 0.25) is 0 Å². The third kappa shape index (κ3) is 479. The van der Waals surface area contributed by atoms with E-state index in [1.165, 1.54) is 0 Å². The van der Waals surface area contributed by atoms with Crippen LogP contribution in [0.25, 0.3) is 0 Å². The van der Waals surface area contributed by atoms with Crippen molar-refractivity contribution in [3.63, 3.8) is 0 Å². The number of hydrogen-bond acceptors (Lipinski definition) is 15. The van der Waals surface area contributed by atoms with Gasteiger partial charge in [-0.25, -0.2) is 0 Å². The van der Waals surface area contributed by atoms with E-state index in [4.69, 9.17) is 76.6 Å². The van der Waals surface area contributed by atoms with Crippen molar-refractivity contribution in [1.82, 2.24) is 9.97 Å². The molecular formula is C6H13N9NdO16+. The van der Waals surface area contributed by atoms with Gasteiger partial charge in [0.05, 0.1) is 25.4 Å². The molecule has 181 valence electrons. The van der Waals surface area contributed by atoms with Gasteiger partial charge >= 0.3 is 40.8 Å². The van der Waals surface area contributed by atoms with Crippen molar-refractivity contribution >= 4 is 0 Å². The Balaban J connectivity index is -0.0000000453. The minimum Gasteiger partial charge on any atom is -0.457 e. The summed E-state index contributed by atoms with van der Waals surface area (Å²) in [6, 6.07) is 0. The Kier molecular flexibility index (Phi) is 59.3.